The molecule has 2 amide bonds. The second kappa shape index (κ2) is 12.8. The van der Waals surface area contributed by atoms with Crippen LogP contribution in [0.15, 0.2) is 60.7 Å². The van der Waals surface area contributed by atoms with E-state index in [1.54, 1.807) is 67.8 Å². The van der Waals surface area contributed by atoms with Crippen molar-refractivity contribution >= 4 is 29.1 Å². The number of methoxy groups -OCH3 is 2. The van der Waals surface area contributed by atoms with Gasteiger partial charge in [0.05, 0.1) is 14.2 Å². The van der Waals surface area contributed by atoms with Crippen LogP contribution in [0.25, 0.3) is 11.4 Å². The number of benzene rings is 3. The van der Waals surface area contributed by atoms with Crippen LogP contribution in [0.4, 0.5) is 5.69 Å². The zero-order valence-electron chi connectivity index (χ0n) is 25.0. The van der Waals surface area contributed by atoms with Crippen molar-refractivity contribution in [3.63, 3.8) is 0 Å². The summed E-state index contributed by atoms with van der Waals surface area (Å²) in [6, 6.07) is 16.0. The largest absolute Gasteiger partial charge is 0.493 e. The second-order valence-electron chi connectivity index (χ2n) is 11.0. The molecule has 0 radical (unpaired) electrons. The number of halogens is 1. The van der Waals surface area contributed by atoms with E-state index in [9.17, 15) is 9.59 Å². The summed E-state index contributed by atoms with van der Waals surface area (Å²) < 4.78 is 22.2. The van der Waals surface area contributed by atoms with Crippen molar-refractivity contribution in [2.24, 2.45) is 0 Å². The van der Waals surface area contributed by atoms with E-state index in [-0.39, 0.29) is 18.3 Å². The Balaban J connectivity index is 1.54. The number of ether oxygens (including phenoxy) is 4. The number of amides is 2. The van der Waals surface area contributed by atoms with Gasteiger partial charge in [-0.05, 0) is 74.0 Å². The highest BCUT2D eigenvalue weighted by molar-refractivity contribution is 6.30. The third-order valence-electron chi connectivity index (χ3n) is 6.63. The lowest BCUT2D eigenvalue weighted by Gasteiger charge is -2.34. The van der Waals surface area contributed by atoms with Gasteiger partial charge in [0, 0.05) is 27.9 Å². The van der Waals surface area contributed by atoms with Gasteiger partial charge in [-0.2, -0.15) is 4.80 Å². The quantitative estimate of drug-likeness (QED) is 0.288. The lowest BCUT2D eigenvalue weighted by atomic mass is 10.0. The average molecular weight is 621 g/mol. The number of aromatic nitrogens is 4. The van der Waals surface area contributed by atoms with Crippen LogP contribution >= 0.6 is 11.6 Å². The number of nitrogens with zero attached hydrogens (tertiary/aromatic N) is 5. The molecule has 4 aromatic rings. The number of hydrogen-bond donors (Lipinski definition) is 1. The van der Waals surface area contributed by atoms with Crippen LogP contribution < -0.4 is 29.2 Å². The maximum absolute atomic E-state index is 14.2. The molecule has 5 rings (SSSR count). The first-order chi connectivity index (χ1) is 21.1. The molecule has 230 valence electrons. The van der Waals surface area contributed by atoms with E-state index in [1.165, 1.54) is 16.8 Å². The molecule has 1 atom stereocenters. The molecule has 1 aliphatic rings. The van der Waals surface area contributed by atoms with Crippen LogP contribution in [0.3, 0.4) is 0 Å². The van der Waals surface area contributed by atoms with Crippen molar-refractivity contribution in [1.82, 2.24) is 25.5 Å². The summed E-state index contributed by atoms with van der Waals surface area (Å²) in [6.07, 6.45) is 0. The van der Waals surface area contributed by atoms with Gasteiger partial charge < -0.3 is 24.3 Å². The highest BCUT2D eigenvalue weighted by Gasteiger charge is 2.35. The highest BCUT2D eigenvalue weighted by atomic mass is 35.5. The number of carbonyl (C=O) groups is 2. The Labute approximate surface area is 259 Å². The maximum atomic E-state index is 14.2. The first kappa shape index (κ1) is 30.6. The van der Waals surface area contributed by atoms with Crippen molar-refractivity contribution in [2.45, 2.75) is 38.9 Å². The van der Waals surface area contributed by atoms with E-state index in [4.69, 9.17) is 30.5 Å². The number of hydrogen-bond acceptors (Lipinski definition) is 9. The van der Waals surface area contributed by atoms with Gasteiger partial charge in [-0.25, -0.2) is 0 Å². The average Bonchev–Trinajstić information content (AvgIpc) is 3.47. The van der Waals surface area contributed by atoms with Crippen LogP contribution in [0.5, 0.6) is 23.0 Å². The Kier molecular flexibility index (Phi) is 8.91. The van der Waals surface area contributed by atoms with Crippen LogP contribution in [0.2, 0.25) is 5.02 Å². The highest BCUT2D eigenvalue weighted by Crippen LogP contribution is 2.38. The maximum Gasteiger partial charge on any atom is 0.251 e. The molecule has 12 nitrogen and oxygen atoms in total. The predicted octanol–water partition coefficient (Wildman–Crippen LogP) is 4.47. The third kappa shape index (κ3) is 6.86. The minimum absolute atomic E-state index is 0.282. The molecule has 44 heavy (non-hydrogen) atoms. The van der Waals surface area contributed by atoms with Crippen LogP contribution in [-0.4, -0.2) is 65.0 Å². The molecule has 2 heterocycles. The Bertz CT molecular complexity index is 1650. The predicted molar refractivity (Wildman–Crippen MR) is 163 cm³/mol. The van der Waals surface area contributed by atoms with Gasteiger partial charge in [0.25, 0.3) is 5.91 Å². The summed E-state index contributed by atoms with van der Waals surface area (Å²) in [5.41, 5.74) is 1.01. The zero-order valence-corrected chi connectivity index (χ0v) is 25.8. The number of tetrazole rings is 1. The first-order valence-electron chi connectivity index (χ1n) is 13.9. The fourth-order valence-corrected chi connectivity index (χ4v) is 4.84. The van der Waals surface area contributed by atoms with Crippen LogP contribution in [-0.2, 0) is 16.1 Å². The van der Waals surface area contributed by atoms with Crippen molar-refractivity contribution < 1.29 is 28.5 Å². The van der Waals surface area contributed by atoms with Gasteiger partial charge in [0.1, 0.15) is 25.8 Å². The van der Waals surface area contributed by atoms with Gasteiger partial charge >= 0.3 is 0 Å². The summed E-state index contributed by atoms with van der Waals surface area (Å²) >= 11 is 6.18. The smallest absolute Gasteiger partial charge is 0.251 e. The molecule has 0 bridgehead atoms. The molecule has 1 aromatic heterocycles. The number of anilines is 1. The van der Waals surface area contributed by atoms with Crippen molar-refractivity contribution in [3.05, 3.63) is 71.2 Å². The third-order valence-corrected chi connectivity index (χ3v) is 6.89. The topological polar surface area (TPSA) is 130 Å². The molecule has 1 N–H and O–H groups in total. The molecule has 0 spiro atoms. The van der Waals surface area contributed by atoms with Crippen molar-refractivity contribution in [1.29, 1.82) is 0 Å². The van der Waals surface area contributed by atoms with Crippen molar-refractivity contribution in [2.75, 3.05) is 32.3 Å². The van der Waals surface area contributed by atoms with Crippen molar-refractivity contribution in [3.8, 4) is 34.4 Å². The summed E-state index contributed by atoms with van der Waals surface area (Å²) in [5.74, 6) is 1.49. The van der Waals surface area contributed by atoms with E-state index in [0.717, 1.165) is 0 Å². The van der Waals surface area contributed by atoms with E-state index >= 15 is 0 Å². The molecule has 1 aliphatic heterocycles. The van der Waals surface area contributed by atoms with E-state index < -0.39 is 17.5 Å². The van der Waals surface area contributed by atoms with E-state index in [2.05, 4.69) is 20.7 Å². The lowest BCUT2D eigenvalue weighted by Crippen LogP contribution is -2.50. The minimum Gasteiger partial charge on any atom is -0.493 e. The molecular formula is C31H33ClN6O6. The number of nitrogens with one attached hydrogen (secondary N) is 1. The Morgan fingerprint density at radius 1 is 0.977 bits per heavy atom. The fraction of sp³-hybridized carbons (Fsp3) is 0.323. The molecule has 0 saturated carbocycles. The summed E-state index contributed by atoms with van der Waals surface area (Å²) in [4.78, 5) is 30.8. The monoisotopic (exact) mass is 620 g/mol. The van der Waals surface area contributed by atoms with E-state index in [0.29, 0.717) is 58.0 Å². The SMILES string of the molecule is COc1ccc(-c2nnn(CC(=O)N(c3ccc4c(c3)OCCO4)[C@H](C(=O)NC(C)(C)C)c3ccc(Cl)cc3)n2)cc1OC. The fourth-order valence-electron chi connectivity index (χ4n) is 4.72. The number of rotatable bonds is 9. The Morgan fingerprint density at radius 2 is 1.68 bits per heavy atom. The Morgan fingerprint density at radius 3 is 2.36 bits per heavy atom. The molecule has 0 fully saturated rings. The van der Waals surface area contributed by atoms with Gasteiger partial charge in [0.2, 0.25) is 11.7 Å². The molecule has 0 aliphatic carbocycles. The second-order valence-corrected chi connectivity index (χ2v) is 11.4. The molecule has 13 heteroatoms. The summed E-state index contributed by atoms with van der Waals surface area (Å²) in [5, 5.41) is 16.2. The standard InChI is InChI=1S/C31H33ClN6O6/c1-31(2,3)33-30(40)28(19-6-9-21(32)10-7-19)38(22-11-13-24-26(17-22)44-15-14-43-24)27(39)18-37-35-29(34-36-37)20-8-12-23(41-4)25(16-20)42-5/h6-13,16-17,28H,14-15,18H2,1-5H3,(H,33,40)/t28-/m0/s1. The van der Waals surface area contributed by atoms with Crippen LogP contribution in [0.1, 0.15) is 32.4 Å². The molecule has 0 saturated heterocycles. The first-order valence-corrected chi connectivity index (χ1v) is 14.2. The van der Waals surface area contributed by atoms with Gasteiger partial charge in [-0.3, -0.25) is 14.5 Å². The lowest BCUT2D eigenvalue weighted by molar-refractivity contribution is -0.128. The molecule has 3 aromatic carbocycles. The summed E-state index contributed by atoms with van der Waals surface area (Å²) in [6.45, 7) is 6.06. The number of carbonyl (C=O) groups excluding carboxylic acids is 2. The molecule has 0 unspecified atom stereocenters. The van der Waals surface area contributed by atoms with Gasteiger partial charge in [-0.1, -0.05) is 23.7 Å². The van der Waals surface area contributed by atoms with Gasteiger partial charge in [0.15, 0.2) is 23.0 Å². The van der Waals surface area contributed by atoms with Gasteiger partial charge in [-0.15, -0.1) is 10.2 Å². The number of fused-ring (bicyclic) bond motifs is 1. The zero-order chi connectivity index (χ0) is 31.4. The van der Waals surface area contributed by atoms with E-state index in [1.807, 2.05) is 20.8 Å². The minimum atomic E-state index is -1.07. The molecular weight excluding hydrogens is 588 g/mol. The van der Waals surface area contributed by atoms with Crippen LogP contribution in [0, 0.1) is 0 Å². The normalized spacial score (nSPS) is 13.1. The summed E-state index contributed by atoms with van der Waals surface area (Å²) in [7, 11) is 3.08. The Hall–Kier alpha value is -4.84.